The van der Waals surface area contributed by atoms with Gasteiger partial charge in [0.1, 0.15) is 11.5 Å². The molecule has 0 amide bonds. The van der Waals surface area contributed by atoms with Gasteiger partial charge in [-0.15, -0.1) is 0 Å². The molecular formula is C13H17ClFN3O3. The van der Waals surface area contributed by atoms with Gasteiger partial charge in [0.25, 0.3) is 5.69 Å². The first kappa shape index (κ1) is 15.9. The molecule has 1 heterocycles. The van der Waals surface area contributed by atoms with E-state index in [1.165, 1.54) is 0 Å². The van der Waals surface area contributed by atoms with Crippen molar-refractivity contribution in [1.82, 2.24) is 5.32 Å². The Kier molecular flexibility index (Phi) is 5.33. The number of nitro benzene ring substituents is 1. The number of hydrogen-bond donors (Lipinski definition) is 2. The van der Waals surface area contributed by atoms with E-state index in [1.807, 2.05) is 0 Å². The lowest BCUT2D eigenvalue weighted by Crippen LogP contribution is -2.39. The van der Waals surface area contributed by atoms with E-state index in [4.69, 9.17) is 11.6 Å². The number of aliphatic hydroxyl groups is 1. The largest absolute Gasteiger partial charge is 0.395 e. The van der Waals surface area contributed by atoms with Gasteiger partial charge in [-0.25, -0.2) is 4.39 Å². The number of nitro groups is 1. The highest BCUT2D eigenvalue weighted by molar-refractivity contribution is 6.31. The highest BCUT2D eigenvalue weighted by Gasteiger charge is 2.25. The number of benzene rings is 1. The summed E-state index contributed by atoms with van der Waals surface area (Å²) in [7, 11) is 0. The summed E-state index contributed by atoms with van der Waals surface area (Å²) in [6, 6.07) is 2.25. The van der Waals surface area contributed by atoms with Gasteiger partial charge in [0.15, 0.2) is 0 Å². The maximum atomic E-state index is 13.7. The van der Waals surface area contributed by atoms with E-state index >= 15 is 0 Å². The number of anilines is 1. The minimum atomic E-state index is -0.709. The Morgan fingerprint density at radius 2 is 2.33 bits per heavy atom. The number of nitrogens with zero attached hydrogens (tertiary/aromatic N) is 2. The van der Waals surface area contributed by atoms with Crippen LogP contribution in [0.4, 0.5) is 15.8 Å². The van der Waals surface area contributed by atoms with Gasteiger partial charge in [-0.2, -0.15) is 0 Å². The van der Waals surface area contributed by atoms with Gasteiger partial charge in [-0.3, -0.25) is 10.1 Å². The first-order chi connectivity index (χ1) is 10.0. The van der Waals surface area contributed by atoms with Crippen LogP contribution in [-0.2, 0) is 0 Å². The van der Waals surface area contributed by atoms with Crippen molar-refractivity contribution in [3.8, 4) is 0 Å². The highest BCUT2D eigenvalue weighted by atomic mass is 35.5. The Morgan fingerprint density at radius 3 is 2.90 bits per heavy atom. The summed E-state index contributed by atoms with van der Waals surface area (Å²) in [6.07, 6.45) is 1.99. The predicted molar refractivity (Wildman–Crippen MR) is 78.4 cm³/mol. The molecule has 6 nitrogen and oxygen atoms in total. The lowest BCUT2D eigenvalue weighted by atomic mass is 10.1. The van der Waals surface area contributed by atoms with Gasteiger partial charge < -0.3 is 15.3 Å². The van der Waals surface area contributed by atoms with Gasteiger partial charge in [0.2, 0.25) is 0 Å². The molecular weight excluding hydrogens is 301 g/mol. The molecule has 116 valence electrons. The van der Waals surface area contributed by atoms with E-state index in [2.05, 4.69) is 5.32 Å². The number of nitrogens with one attached hydrogen (secondary N) is 1. The second-order valence-corrected chi connectivity index (χ2v) is 5.38. The van der Waals surface area contributed by atoms with E-state index in [1.54, 1.807) is 4.90 Å². The molecule has 2 N–H and O–H groups in total. The van der Waals surface area contributed by atoms with Crippen LogP contribution in [0, 0.1) is 15.9 Å². The zero-order valence-electron chi connectivity index (χ0n) is 11.4. The van der Waals surface area contributed by atoms with Crippen molar-refractivity contribution >= 4 is 23.0 Å². The molecule has 1 aromatic rings. The van der Waals surface area contributed by atoms with Crippen LogP contribution < -0.4 is 10.2 Å². The number of hydrogen-bond acceptors (Lipinski definition) is 5. The van der Waals surface area contributed by atoms with Crippen LogP contribution in [0.25, 0.3) is 0 Å². The molecule has 1 aromatic carbocycles. The zero-order chi connectivity index (χ0) is 15.4. The first-order valence-corrected chi connectivity index (χ1v) is 7.13. The monoisotopic (exact) mass is 317 g/mol. The third-order valence-corrected chi connectivity index (χ3v) is 3.82. The Labute approximate surface area is 126 Å². The van der Waals surface area contributed by atoms with Crippen LogP contribution in [0.1, 0.15) is 12.8 Å². The Balaban J connectivity index is 2.33. The molecule has 0 saturated carbocycles. The minimum absolute atomic E-state index is 0.143. The zero-order valence-corrected chi connectivity index (χ0v) is 12.1. The van der Waals surface area contributed by atoms with Gasteiger partial charge in [0, 0.05) is 31.3 Å². The number of aliphatic hydroxyl groups excluding tert-OH is 1. The second kappa shape index (κ2) is 7.02. The summed E-state index contributed by atoms with van der Waals surface area (Å²) in [6.45, 7) is 1.39. The maximum absolute atomic E-state index is 13.7. The molecule has 0 spiro atoms. The normalized spacial score (nSPS) is 18.0. The van der Waals surface area contributed by atoms with E-state index in [9.17, 15) is 19.6 Å². The molecule has 0 aliphatic carbocycles. The van der Waals surface area contributed by atoms with Crippen LogP contribution >= 0.6 is 11.6 Å². The second-order valence-electron chi connectivity index (χ2n) is 4.98. The first-order valence-electron chi connectivity index (χ1n) is 6.75. The van der Waals surface area contributed by atoms with Crippen molar-refractivity contribution in [3.63, 3.8) is 0 Å². The standard InChI is InChI=1S/C13H17ClFN3O3/c14-10-6-13(18(20)21)12(7-11(10)15)17(4-5-19)8-9-2-1-3-16-9/h6-7,9,16,19H,1-5,8H2. The number of halogens is 2. The van der Waals surface area contributed by atoms with Crippen LogP contribution in [-0.4, -0.2) is 42.3 Å². The van der Waals surface area contributed by atoms with Crippen LogP contribution in [0.5, 0.6) is 0 Å². The fourth-order valence-electron chi connectivity index (χ4n) is 2.53. The molecule has 0 bridgehead atoms. The quantitative estimate of drug-likeness (QED) is 0.619. The smallest absolute Gasteiger partial charge is 0.294 e. The molecule has 2 rings (SSSR count). The minimum Gasteiger partial charge on any atom is -0.395 e. The van der Waals surface area contributed by atoms with Gasteiger partial charge in [0.05, 0.1) is 16.6 Å². The topological polar surface area (TPSA) is 78.6 Å². The number of rotatable bonds is 6. The van der Waals surface area contributed by atoms with Gasteiger partial charge in [-0.05, 0) is 19.4 Å². The van der Waals surface area contributed by atoms with Crippen molar-refractivity contribution in [3.05, 3.63) is 33.1 Å². The summed E-state index contributed by atoms with van der Waals surface area (Å²) >= 11 is 5.62. The van der Waals surface area contributed by atoms with Crippen LogP contribution in [0.2, 0.25) is 5.02 Å². The molecule has 1 saturated heterocycles. The summed E-state index contributed by atoms with van der Waals surface area (Å²) in [5.41, 5.74) is -0.113. The van der Waals surface area contributed by atoms with E-state index in [0.717, 1.165) is 31.5 Å². The van der Waals surface area contributed by atoms with Crippen molar-refractivity contribution < 1.29 is 14.4 Å². The average Bonchev–Trinajstić information content (AvgIpc) is 2.93. The third-order valence-electron chi connectivity index (χ3n) is 3.53. The van der Waals surface area contributed by atoms with E-state index < -0.39 is 10.7 Å². The Bertz CT molecular complexity index is 524. The summed E-state index contributed by atoms with van der Waals surface area (Å²) < 4.78 is 13.7. The Hall–Kier alpha value is -1.44. The molecule has 21 heavy (non-hydrogen) atoms. The fraction of sp³-hybridized carbons (Fsp3) is 0.538. The molecule has 1 fully saturated rings. The van der Waals surface area contributed by atoms with Crippen molar-refractivity contribution in [2.45, 2.75) is 18.9 Å². The van der Waals surface area contributed by atoms with Crippen molar-refractivity contribution in [2.75, 3.05) is 31.1 Å². The summed E-state index contributed by atoms with van der Waals surface area (Å²) in [5, 5.41) is 23.3. The molecule has 1 atom stereocenters. The van der Waals surface area contributed by atoms with E-state index in [-0.39, 0.29) is 35.6 Å². The van der Waals surface area contributed by atoms with Gasteiger partial charge in [-0.1, -0.05) is 11.6 Å². The molecule has 0 radical (unpaired) electrons. The Morgan fingerprint density at radius 1 is 1.57 bits per heavy atom. The predicted octanol–water partition coefficient (Wildman–Crippen LogP) is 1.94. The van der Waals surface area contributed by atoms with Crippen LogP contribution in [0.3, 0.4) is 0 Å². The molecule has 1 unspecified atom stereocenters. The molecule has 0 aromatic heterocycles. The van der Waals surface area contributed by atoms with Crippen LogP contribution in [0.15, 0.2) is 12.1 Å². The molecule has 8 heteroatoms. The molecule has 1 aliphatic rings. The van der Waals surface area contributed by atoms with Crippen molar-refractivity contribution in [1.29, 1.82) is 0 Å². The highest BCUT2D eigenvalue weighted by Crippen LogP contribution is 2.33. The fourth-order valence-corrected chi connectivity index (χ4v) is 2.69. The molecule has 1 aliphatic heterocycles. The lowest BCUT2D eigenvalue weighted by molar-refractivity contribution is -0.384. The SMILES string of the molecule is O=[N+]([O-])c1cc(Cl)c(F)cc1N(CCO)CC1CCCN1. The van der Waals surface area contributed by atoms with Gasteiger partial charge >= 0.3 is 0 Å². The third kappa shape index (κ3) is 3.81. The maximum Gasteiger partial charge on any atom is 0.294 e. The summed E-state index contributed by atoms with van der Waals surface area (Å²) in [5.74, 6) is -0.709. The summed E-state index contributed by atoms with van der Waals surface area (Å²) in [4.78, 5) is 12.2. The van der Waals surface area contributed by atoms with Crippen molar-refractivity contribution in [2.24, 2.45) is 0 Å². The average molecular weight is 318 g/mol. The van der Waals surface area contributed by atoms with E-state index in [0.29, 0.717) is 6.54 Å². The lowest BCUT2D eigenvalue weighted by Gasteiger charge is -2.27.